The first-order valence-corrected chi connectivity index (χ1v) is 5.52. The van der Waals surface area contributed by atoms with Gasteiger partial charge in [0.15, 0.2) is 0 Å². The first kappa shape index (κ1) is 12.7. The first-order valence-electron chi connectivity index (χ1n) is 5.52. The molecule has 0 aliphatic carbocycles. The van der Waals surface area contributed by atoms with Crippen LogP contribution in [0.15, 0.2) is 24.3 Å². The van der Waals surface area contributed by atoms with Gasteiger partial charge in [-0.05, 0) is 31.8 Å². The third kappa shape index (κ3) is 4.03. The van der Waals surface area contributed by atoms with E-state index < -0.39 is 0 Å². The molecule has 16 heavy (non-hydrogen) atoms. The van der Waals surface area contributed by atoms with Gasteiger partial charge in [-0.15, -0.1) is 0 Å². The summed E-state index contributed by atoms with van der Waals surface area (Å²) in [4.78, 5) is 14.8. The molecule has 1 aromatic carbocycles. The van der Waals surface area contributed by atoms with Crippen molar-refractivity contribution in [3.05, 3.63) is 29.8 Å². The van der Waals surface area contributed by atoms with E-state index in [1.54, 1.807) is 0 Å². The van der Waals surface area contributed by atoms with Crippen molar-refractivity contribution in [2.75, 3.05) is 39.1 Å². The van der Waals surface area contributed by atoms with Gasteiger partial charge >= 0.3 is 0 Å². The summed E-state index contributed by atoms with van der Waals surface area (Å²) in [6.45, 7) is 2.01. The summed E-state index contributed by atoms with van der Waals surface area (Å²) in [6.07, 6.45) is 1.44. The third-order valence-corrected chi connectivity index (χ3v) is 2.55. The van der Waals surface area contributed by atoms with Crippen LogP contribution in [0.3, 0.4) is 0 Å². The first-order chi connectivity index (χ1) is 7.63. The molecule has 0 amide bonds. The van der Waals surface area contributed by atoms with Crippen LogP contribution in [0.2, 0.25) is 0 Å². The van der Waals surface area contributed by atoms with Crippen LogP contribution >= 0.6 is 0 Å². The van der Waals surface area contributed by atoms with Crippen LogP contribution in [-0.4, -0.2) is 45.4 Å². The zero-order valence-corrected chi connectivity index (χ0v) is 10.3. The van der Waals surface area contributed by atoms with E-state index in [-0.39, 0.29) is 0 Å². The van der Waals surface area contributed by atoms with Crippen LogP contribution < -0.4 is 4.90 Å². The molecule has 1 aromatic rings. The second-order valence-corrected chi connectivity index (χ2v) is 4.27. The maximum absolute atomic E-state index is 10.5. The molecule has 0 radical (unpaired) electrons. The van der Waals surface area contributed by atoms with Crippen LogP contribution in [0.1, 0.15) is 5.56 Å². The highest BCUT2D eigenvalue weighted by molar-refractivity contribution is 5.58. The quantitative estimate of drug-likeness (QED) is 0.678. The molecule has 0 spiro atoms. The third-order valence-electron chi connectivity index (χ3n) is 2.55. The molecule has 88 valence electrons. The van der Waals surface area contributed by atoms with Crippen molar-refractivity contribution >= 4 is 12.0 Å². The van der Waals surface area contributed by atoms with Crippen molar-refractivity contribution in [3.8, 4) is 0 Å². The Bertz CT molecular complexity index is 336. The van der Waals surface area contributed by atoms with Gasteiger partial charge in [0.2, 0.25) is 0 Å². The number of likely N-dealkylation sites (N-methyl/N-ethyl adjacent to an activating group) is 2. The van der Waals surface area contributed by atoms with Crippen LogP contribution in [0.25, 0.3) is 0 Å². The maximum Gasteiger partial charge on any atom is 0.124 e. The fourth-order valence-electron chi connectivity index (χ4n) is 1.50. The second kappa shape index (κ2) is 6.28. The van der Waals surface area contributed by atoms with E-state index in [1.165, 1.54) is 5.69 Å². The number of rotatable bonds is 6. The highest BCUT2D eigenvalue weighted by atomic mass is 16.1. The number of nitrogens with zero attached hydrogens (tertiary/aromatic N) is 2. The highest BCUT2D eigenvalue weighted by Gasteiger charge is 2.02. The molecular formula is C13H20N2O. The van der Waals surface area contributed by atoms with E-state index in [1.807, 2.05) is 12.1 Å². The van der Waals surface area contributed by atoms with Crippen molar-refractivity contribution in [2.45, 2.75) is 6.42 Å². The summed E-state index contributed by atoms with van der Waals surface area (Å²) in [5.74, 6) is 0. The number of carbonyl (C=O) groups excluding carboxylic acids is 1. The summed E-state index contributed by atoms with van der Waals surface area (Å²) < 4.78 is 0. The number of hydrogen-bond acceptors (Lipinski definition) is 3. The molecule has 0 heterocycles. The minimum Gasteiger partial charge on any atom is -0.373 e. The lowest BCUT2D eigenvalue weighted by Gasteiger charge is -2.22. The Balaban J connectivity index is 2.63. The lowest BCUT2D eigenvalue weighted by molar-refractivity contribution is -0.107. The fraction of sp³-hybridized carbons (Fsp3) is 0.462. The van der Waals surface area contributed by atoms with Crippen molar-refractivity contribution in [1.29, 1.82) is 0 Å². The minimum atomic E-state index is 0.495. The molecule has 3 nitrogen and oxygen atoms in total. The molecule has 1 rings (SSSR count). The summed E-state index contributed by atoms with van der Waals surface area (Å²) in [7, 11) is 6.21. The molecule has 0 fully saturated rings. The summed E-state index contributed by atoms with van der Waals surface area (Å²) >= 11 is 0. The number of aldehydes is 1. The molecule has 0 aromatic heterocycles. The van der Waals surface area contributed by atoms with E-state index in [2.05, 4.69) is 43.1 Å². The smallest absolute Gasteiger partial charge is 0.124 e. The van der Waals surface area contributed by atoms with Gasteiger partial charge in [-0.25, -0.2) is 0 Å². The largest absolute Gasteiger partial charge is 0.373 e. The molecule has 0 saturated heterocycles. The van der Waals surface area contributed by atoms with Gasteiger partial charge in [-0.1, -0.05) is 12.1 Å². The van der Waals surface area contributed by atoms with Crippen molar-refractivity contribution < 1.29 is 4.79 Å². The fourth-order valence-corrected chi connectivity index (χ4v) is 1.50. The lowest BCUT2D eigenvalue weighted by atomic mass is 10.1. The van der Waals surface area contributed by atoms with Crippen LogP contribution in [-0.2, 0) is 11.2 Å². The Hall–Kier alpha value is -1.35. The zero-order chi connectivity index (χ0) is 12.0. The molecule has 0 aliphatic rings. The number of hydrogen-bond donors (Lipinski definition) is 0. The average molecular weight is 220 g/mol. The Morgan fingerprint density at radius 3 is 2.56 bits per heavy atom. The molecule has 0 saturated carbocycles. The van der Waals surface area contributed by atoms with Gasteiger partial charge in [0.25, 0.3) is 0 Å². The lowest BCUT2D eigenvalue weighted by Crippen LogP contribution is -2.28. The summed E-state index contributed by atoms with van der Waals surface area (Å²) in [6, 6.07) is 8.13. The van der Waals surface area contributed by atoms with Gasteiger partial charge in [-0.3, -0.25) is 0 Å². The predicted octanol–water partition coefficient (Wildman–Crippen LogP) is 1.43. The monoisotopic (exact) mass is 220 g/mol. The Morgan fingerprint density at radius 2 is 1.94 bits per heavy atom. The molecule has 0 bridgehead atoms. The Kier molecular flexibility index (Phi) is 4.99. The molecule has 0 aliphatic heterocycles. The predicted molar refractivity (Wildman–Crippen MR) is 68.0 cm³/mol. The van der Waals surface area contributed by atoms with E-state index in [0.717, 1.165) is 24.9 Å². The maximum atomic E-state index is 10.5. The molecule has 0 atom stereocenters. The van der Waals surface area contributed by atoms with Crippen LogP contribution in [0, 0.1) is 0 Å². The van der Waals surface area contributed by atoms with Crippen molar-refractivity contribution in [1.82, 2.24) is 4.90 Å². The Labute approximate surface area is 97.7 Å². The second-order valence-electron chi connectivity index (χ2n) is 4.27. The Morgan fingerprint density at radius 1 is 1.19 bits per heavy atom. The average Bonchev–Trinajstić information content (AvgIpc) is 2.26. The van der Waals surface area contributed by atoms with E-state index in [0.29, 0.717) is 6.42 Å². The number of carbonyl (C=O) groups is 1. The molecule has 3 heteroatoms. The highest BCUT2D eigenvalue weighted by Crippen LogP contribution is 2.14. The van der Waals surface area contributed by atoms with Crippen molar-refractivity contribution in [3.63, 3.8) is 0 Å². The van der Waals surface area contributed by atoms with Gasteiger partial charge < -0.3 is 14.6 Å². The zero-order valence-electron chi connectivity index (χ0n) is 10.3. The van der Waals surface area contributed by atoms with Gasteiger partial charge in [0, 0.05) is 32.2 Å². The van der Waals surface area contributed by atoms with E-state index >= 15 is 0 Å². The normalized spacial score (nSPS) is 10.5. The van der Waals surface area contributed by atoms with E-state index in [9.17, 15) is 4.79 Å². The minimum absolute atomic E-state index is 0.495. The molecular weight excluding hydrogens is 200 g/mol. The molecule has 0 unspecified atom stereocenters. The van der Waals surface area contributed by atoms with Gasteiger partial charge in [0.05, 0.1) is 0 Å². The SMILES string of the molecule is CN(C)CCN(C)c1cccc(CC=O)c1. The van der Waals surface area contributed by atoms with Crippen LogP contribution in [0.4, 0.5) is 5.69 Å². The summed E-state index contributed by atoms with van der Waals surface area (Å²) in [5, 5.41) is 0. The summed E-state index contributed by atoms with van der Waals surface area (Å²) in [5.41, 5.74) is 2.24. The topological polar surface area (TPSA) is 23.6 Å². The van der Waals surface area contributed by atoms with E-state index in [4.69, 9.17) is 0 Å². The number of anilines is 1. The van der Waals surface area contributed by atoms with Gasteiger partial charge in [0.1, 0.15) is 6.29 Å². The van der Waals surface area contributed by atoms with Crippen LogP contribution in [0.5, 0.6) is 0 Å². The van der Waals surface area contributed by atoms with Crippen molar-refractivity contribution in [2.24, 2.45) is 0 Å². The standard InChI is InChI=1S/C13H20N2O/c1-14(2)8-9-15(3)13-6-4-5-12(11-13)7-10-16/h4-6,10-11H,7-9H2,1-3H3. The molecule has 0 N–H and O–H groups in total. The number of benzene rings is 1. The van der Waals surface area contributed by atoms with Gasteiger partial charge in [-0.2, -0.15) is 0 Å².